The van der Waals surface area contributed by atoms with Gasteiger partial charge in [-0.05, 0) is 14.1 Å². The highest BCUT2D eigenvalue weighted by atomic mass is 32.2. The van der Waals surface area contributed by atoms with Crippen LogP contribution < -0.4 is 5.32 Å². The fourth-order valence-electron chi connectivity index (χ4n) is 0. The van der Waals surface area contributed by atoms with Gasteiger partial charge in [0.25, 0.3) is 0 Å². The maximum Gasteiger partial charge on any atom is 0.385 e. The minimum atomic E-state index is -3.61. The molecular formula is C2H7F2NOS. The van der Waals surface area contributed by atoms with Crippen LogP contribution in [0, 0.1) is 0 Å². The van der Waals surface area contributed by atoms with E-state index in [0.29, 0.717) is 0 Å². The van der Waals surface area contributed by atoms with Crippen LogP contribution in [0.15, 0.2) is 0 Å². The van der Waals surface area contributed by atoms with Gasteiger partial charge in [-0.1, -0.05) is 7.77 Å². The van der Waals surface area contributed by atoms with Crippen molar-refractivity contribution >= 4 is 11.6 Å². The molecule has 0 aromatic carbocycles. The topological polar surface area (TPSA) is 29.1 Å². The summed E-state index contributed by atoms with van der Waals surface area (Å²) in [5.41, 5.74) is 0. The summed E-state index contributed by atoms with van der Waals surface area (Å²) in [6, 6.07) is 0. The summed E-state index contributed by atoms with van der Waals surface area (Å²) < 4.78 is 27.8. The molecule has 0 rings (SSSR count). The van der Waals surface area contributed by atoms with E-state index in [-0.39, 0.29) is 0 Å². The van der Waals surface area contributed by atoms with E-state index < -0.39 is 11.6 Å². The molecular weight excluding hydrogens is 124 g/mol. The fourth-order valence-corrected chi connectivity index (χ4v) is 0. The number of halogens is 2. The second kappa shape index (κ2) is 9.36. The first-order chi connectivity index (χ1) is 3.15. The molecule has 0 aromatic rings. The van der Waals surface area contributed by atoms with Gasteiger partial charge in [0.1, 0.15) is 0 Å². The van der Waals surface area contributed by atoms with E-state index in [1.807, 2.05) is 14.1 Å². The van der Waals surface area contributed by atoms with Gasteiger partial charge < -0.3 is 5.32 Å². The Bertz CT molecular complexity index is 47.0. The van der Waals surface area contributed by atoms with Crippen molar-refractivity contribution in [1.29, 1.82) is 0 Å². The molecule has 0 aromatic heterocycles. The zero-order chi connectivity index (χ0) is 6.28. The Morgan fingerprint density at radius 1 is 1.43 bits per heavy atom. The van der Waals surface area contributed by atoms with E-state index in [0.717, 1.165) is 0 Å². The third-order valence-corrected chi connectivity index (χ3v) is 0. The van der Waals surface area contributed by atoms with E-state index in [4.69, 9.17) is 4.21 Å². The zero-order valence-corrected chi connectivity index (χ0v) is 4.89. The van der Waals surface area contributed by atoms with Crippen molar-refractivity contribution in [3.63, 3.8) is 0 Å². The Kier molecular flexibility index (Phi) is 13.4. The highest BCUT2D eigenvalue weighted by Gasteiger charge is 1.74. The van der Waals surface area contributed by atoms with E-state index in [9.17, 15) is 7.77 Å². The van der Waals surface area contributed by atoms with Crippen LogP contribution >= 0.6 is 0 Å². The average molecular weight is 131 g/mol. The summed E-state index contributed by atoms with van der Waals surface area (Å²) >= 11 is -3.61. The van der Waals surface area contributed by atoms with Crippen molar-refractivity contribution in [3.8, 4) is 0 Å². The first-order valence-electron chi connectivity index (χ1n) is 1.48. The lowest BCUT2D eigenvalue weighted by molar-refractivity contribution is 0.602. The van der Waals surface area contributed by atoms with Crippen LogP contribution in [0.25, 0.3) is 0 Å². The van der Waals surface area contributed by atoms with E-state index >= 15 is 0 Å². The van der Waals surface area contributed by atoms with E-state index in [1.54, 1.807) is 0 Å². The minimum Gasteiger partial charge on any atom is -0.323 e. The second-order valence-electron chi connectivity index (χ2n) is 0.684. The summed E-state index contributed by atoms with van der Waals surface area (Å²) in [4.78, 5) is 0. The number of rotatable bonds is 0. The molecule has 0 bridgehead atoms. The summed E-state index contributed by atoms with van der Waals surface area (Å²) in [5, 5.41) is 2.75. The summed E-state index contributed by atoms with van der Waals surface area (Å²) in [6.07, 6.45) is 0. The summed E-state index contributed by atoms with van der Waals surface area (Å²) in [7, 11) is 3.75. The average Bonchev–Trinajstić information content (AvgIpc) is 1.33. The maximum absolute atomic E-state index is 9.81. The highest BCUT2D eigenvalue weighted by molar-refractivity contribution is 7.74. The van der Waals surface area contributed by atoms with Crippen LogP contribution in [-0.2, 0) is 11.6 Å². The van der Waals surface area contributed by atoms with Gasteiger partial charge in [-0.25, -0.2) is 0 Å². The monoisotopic (exact) mass is 131 g/mol. The molecule has 5 heteroatoms. The highest BCUT2D eigenvalue weighted by Crippen LogP contribution is 1.75. The molecule has 0 saturated carbocycles. The van der Waals surface area contributed by atoms with Crippen molar-refractivity contribution in [2.24, 2.45) is 0 Å². The van der Waals surface area contributed by atoms with Gasteiger partial charge in [0.15, 0.2) is 0 Å². The molecule has 7 heavy (non-hydrogen) atoms. The Hall–Kier alpha value is -0.0300. The molecule has 0 fully saturated rings. The molecule has 0 aliphatic carbocycles. The van der Waals surface area contributed by atoms with Gasteiger partial charge in [0.05, 0.1) is 0 Å². The van der Waals surface area contributed by atoms with Gasteiger partial charge in [0, 0.05) is 0 Å². The molecule has 0 radical (unpaired) electrons. The lowest BCUT2D eigenvalue weighted by Crippen LogP contribution is -1.89. The molecule has 0 aliphatic rings. The van der Waals surface area contributed by atoms with Gasteiger partial charge in [0.2, 0.25) is 0 Å². The predicted octanol–water partition coefficient (Wildman–Crippen LogP) is 0.340. The van der Waals surface area contributed by atoms with Crippen molar-refractivity contribution in [2.75, 3.05) is 14.1 Å². The lowest BCUT2D eigenvalue weighted by Gasteiger charge is -1.59. The van der Waals surface area contributed by atoms with Crippen LogP contribution in [0.5, 0.6) is 0 Å². The van der Waals surface area contributed by atoms with Gasteiger partial charge in [-0.3, -0.25) is 0 Å². The van der Waals surface area contributed by atoms with E-state index in [1.165, 1.54) is 0 Å². The standard InChI is InChI=1S/C2H7N.F2OS/c1-3-2;1-4(2)3/h3H,1-2H3;. The molecule has 0 unspecified atom stereocenters. The maximum atomic E-state index is 9.81. The Morgan fingerprint density at radius 2 is 1.43 bits per heavy atom. The van der Waals surface area contributed by atoms with Gasteiger partial charge in [-0.2, -0.15) is 4.21 Å². The summed E-state index contributed by atoms with van der Waals surface area (Å²) in [5.74, 6) is 0. The molecule has 2 nitrogen and oxygen atoms in total. The predicted molar refractivity (Wildman–Crippen MR) is 25.3 cm³/mol. The molecule has 1 N–H and O–H groups in total. The Labute approximate surface area is 44.0 Å². The molecule has 0 saturated heterocycles. The van der Waals surface area contributed by atoms with Crippen molar-refractivity contribution in [1.82, 2.24) is 5.32 Å². The number of hydrogen-bond donors (Lipinski definition) is 1. The van der Waals surface area contributed by atoms with Crippen LogP contribution in [0.4, 0.5) is 7.77 Å². The van der Waals surface area contributed by atoms with E-state index in [2.05, 4.69) is 5.32 Å². The fraction of sp³-hybridized carbons (Fsp3) is 1.00. The first kappa shape index (κ1) is 10.1. The summed E-state index contributed by atoms with van der Waals surface area (Å²) in [6.45, 7) is 0. The molecule has 0 heterocycles. The molecule has 46 valence electrons. The largest absolute Gasteiger partial charge is 0.385 e. The third kappa shape index (κ3) is 105000. The zero-order valence-electron chi connectivity index (χ0n) is 4.07. The van der Waals surface area contributed by atoms with Gasteiger partial charge >= 0.3 is 11.6 Å². The van der Waals surface area contributed by atoms with Crippen LogP contribution in [0.3, 0.4) is 0 Å². The van der Waals surface area contributed by atoms with Crippen molar-refractivity contribution in [3.05, 3.63) is 0 Å². The van der Waals surface area contributed by atoms with Crippen LogP contribution in [0.1, 0.15) is 0 Å². The first-order valence-corrected chi connectivity index (χ1v) is 2.43. The van der Waals surface area contributed by atoms with Crippen LogP contribution in [0.2, 0.25) is 0 Å². The minimum absolute atomic E-state index is 1.88. The van der Waals surface area contributed by atoms with Crippen LogP contribution in [-0.4, -0.2) is 18.3 Å². The SMILES string of the molecule is CNC.O=S(F)F. The van der Waals surface area contributed by atoms with Crippen molar-refractivity contribution in [2.45, 2.75) is 0 Å². The normalized spacial score (nSPS) is 7.57. The molecule has 0 atom stereocenters. The number of nitrogens with one attached hydrogen (secondary N) is 1. The molecule has 0 aliphatic heterocycles. The Balaban J connectivity index is 0. The lowest BCUT2D eigenvalue weighted by atomic mass is 11.3. The quantitative estimate of drug-likeness (QED) is 0.480. The van der Waals surface area contributed by atoms with Crippen molar-refractivity contribution < 1.29 is 12.0 Å². The molecule has 0 spiro atoms. The van der Waals surface area contributed by atoms with Gasteiger partial charge in [-0.15, -0.1) is 0 Å². The molecule has 0 amide bonds. The second-order valence-corrected chi connectivity index (χ2v) is 1.05. The third-order valence-electron chi connectivity index (χ3n) is 0. The smallest absolute Gasteiger partial charge is 0.323 e. The Morgan fingerprint density at radius 3 is 1.43 bits per heavy atom. The number of hydrogen-bond acceptors (Lipinski definition) is 2.